The molecule has 1 saturated heterocycles. The summed E-state index contributed by atoms with van der Waals surface area (Å²) in [5, 5.41) is 5.34. The van der Waals surface area contributed by atoms with Crippen LogP contribution in [0.15, 0.2) is 17.5 Å². The van der Waals surface area contributed by atoms with Gasteiger partial charge in [-0.05, 0) is 43.8 Å². The van der Waals surface area contributed by atoms with E-state index >= 15 is 0 Å². The van der Waals surface area contributed by atoms with Gasteiger partial charge in [0.15, 0.2) is 5.78 Å². The molecular weight excluding hydrogens is 218 g/mol. The molecule has 1 aromatic heterocycles. The highest BCUT2D eigenvalue weighted by Gasteiger charge is 2.39. The van der Waals surface area contributed by atoms with E-state index in [1.807, 2.05) is 17.5 Å². The van der Waals surface area contributed by atoms with Crippen LogP contribution in [0.1, 0.15) is 42.3 Å². The highest BCUT2D eigenvalue weighted by atomic mass is 32.1. The van der Waals surface area contributed by atoms with Crippen molar-refractivity contribution in [3.8, 4) is 0 Å². The summed E-state index contributed by atoms with van der Waals surface area (Å²) in [6.07, 6.45) is 4.12. The van der Waals surface area contributed by atoms with Gasteiger partial charge in [0.25, 0.3) is 0 Å². The van der Waals surface area contributed by atoms with E-state index in [9.17, 15) is 4.79 Å². The number of carbonyl (C=O) groups is 1. The monoisotopic (exact) mass is 237 g/mol. The van der Waals surface area contributed by atoms with E-state index < -0.39 is 0 Å². The number of rotatable bonds is 4. The van der Waals surface area contributed by atoms with Crippen molar-refractivity contribution < 1.29 is 4.79 Å². The van der Waals surface area contributed by atoms with Crippen LogP contribution < -0.4 is 5.32 Å². The van der Waals surface area contributed by atoms with Gasteiger partial charge in [-0.15, -0.1) is 11.3 Å². The van der Waals surface area contributed by atoms with Gasteiger partial charge >= 0.3 is 0 Å². The van der Waals surface area contributed by atoms with Crippen LogP contribution in [0.2, 0.25) is 0 Å². The molecule has 1 aromatic rings. The Hall–Kier alpha value is -0.670. The molecule has 0 bridgehead atoms. The topological polar surface area (TPSA) is 29.1 Å². The molecule has 0 unspecified atom stereocenters. The summed E-state index contributed by atoms with van der Waals surface area (Å²) in [5.41, 5.74) is -0.0785. The van der Waals surface area contributed by atoms with E-state index in [1.54, 1.807) is 11.3 Å². The molecule has 2 nitrogen and oxygen atoms in total. The van der Waals surface area contributed by atoms with Gasteiger partial charge in [-0.25, -0.2) is 0 Å². The van der Waals surface area contributed by atoms with Gasteiger partial charge in [0.1, 0.15) is 0 Å². The second-order valence-electron chi connectivity index (χ2n) is 4.59. The molecule has 88 valence electrons. The Morgan fingerprint density at radius 2 is 2.25 bits per heavy atom. The summed E-state index contributed by atoms with van der Waals surface area (Å²) in [4.78, 5) is 13.5. The maximum Gasteiger partial charge on any atom is 0.178 e. The molecule has 0 radical (unpaired) electrons. The zero-order valence-electron chi connectivity index (χ0n) is 9.79. The predicted octanol–water partition coefficient (Wildman–Crippen LogP) is 3.10. The predicted molar refractivity (Wildman–Crippen MR) is 68.1 cm³/mol. The molecule has 0 atom stereocenters. The van der Waals surface area contributed by atoms with Crippen molar-refractivity contribution in [2.45, 2.75) is 32.6 Å². The lowest BCUT2D eigenvalue weighted by Crippen LogP contribution is -2.41. The second-order valence-corrected chi connectivity index (χ2v) is 5.53. The van der Waals surface area contributed by atoms with Crippen LogP contribution in [0, 0.1) is 5.41 Å². The first kappa shape index (κ1) is 11.8. The van der Waals surface area contributed by atoms with Gasteiger partial charge in [0.2, 0.25) is 0 Å². The first-order valence-electron chi connectivity index (χ1n) is 6.07. The maximum atomic E-state index is 12.6. The fourth-order valence-corrected chi connectivity index (χ4v) is 3.43. The van der Waals surface area contributed by atoms with Gasteiger partial charge in [0, 0.05) is 5.41 Å². The summed E-state index contributed by atoms with van der Waals surface area (Å²) >= 11 is 1.58. The van der Waals surface area contributed by atoms with Crippen molar-refractivity contribution >= 4 is 17.1 Å². The third-order valence-electron chi connectivity index (χ3n) is 3.52. The number of thiophene rings is 1. The van der Waals surface area contributed by atoms with Crippen LogP contribution >= 0.6 is 11.3 Å². The Morgan fingerprint density at radius 1 is 1.50 bits per heavy atom. The Bertz CT molecular complexity index is 333. The number of nitrogens with one attached hydrogen (secondary N) is 1. The first-order chi connectivity index (χ1) is 7.78. The lowest BCUT2D eigenvalue weighted by atomic mass is 9.71. The number of hydrogen-bond acceptors (Lipinski definition) is 3. The van der Waals surface area contributed by atoms with Crippen molar-refractivity contribution in [1.29, 1.82) is 0 Å². The van der Waals surface area contributed by atoms with Crippen LogP contribution in [-0.4, -0.2) is 18.9 Å². The molecule has 0 aliphatic carbocycles. The Morgan fingerprint density at radius 3 is 2.81 bits per heavy atom. The molecule has 1 N–H and O–H groups in total. The van der Waals surface area contributed by atoms with E-state index in [2.05, 4.69) is 12.2 Å². The SMILES string of the molecule is CCCC1(C(=O)c2cccs2)CCNCC1. The lowest BCUT2D eigenvalue weighted by molar-refractivity contribution is 0.0709. The first-order valence-corrected chi connectivity index (χ1v) is 6.95. The standard InChI is InChI=1S/C13H19NOS/c1-2-5-13(6-8-14-9-7-13)12(15)11-4-3-10-16-11/h3-4,10,14H,2,5-9H2,1H3. The molecule has 3 heteroatoms. The molecule has 2 rings (SSSR count). The zero-order chi connectivity index (χ0) is 11.4. The normalized spacial score (nSPS) is 19.6. The Labute approximate surface area is 101 Å². The third-order valence-corrected chi connectivity index (χ3v) is 4.38. The van der Waals surface area contributed by atoms with E-state index in [4.69, 9.17) is 0 Å². The van der Waals surface area contributed by atoms with Crippen molar-refractivity contribution in [3.63, 3.8) is 0 Å². The van der Waals surface area contributed by atoms with Gasteiger partial charge in [-0.2, -0.15) is 0 Å². The molecular formula is C13H19NOS. The fraction of sp³-hybridized carbons (Fsp3) is 0.615. The minimum Gasteiger partial charge on any atom is -0.317 e. The van der Waals surface area contributed by atoms with Crippen LogP contribution in [0.25, 0.3) is 0 Å². The van der Waals surface area contributed by atoms with Crippen LogP contribution in [0.3, 0.4) is 0 Å². The third kappa shape index (κ3) is 2.20. The minimum atomic E-state index is -0.0785. The van der Waals surface area contributed by atoms with Gasteiger partial charge in [-0.3, -0.25) is 4.79 Å². The minimum absolute atomic E-state index is 0.0785. The van der Waals surface area contributed by atoms with Gasteiger partial charge in [0.05, 0.1) is 4.88 Å². The quantitative estimate of drug-likeness (QED) is 0.815. The van der Waals surface area contributed by atoms with Crippen molar-refractivity contribution in [2.24, 2.45) is 5.41 Å². The fourth-order valence-electron chi connectivity index (χ4n) is 2.64. The van der Waals surface area contributed by atoms with Gasteiger partial charge < -0.3 is 5.32 Å². The smallest absolute Gasteiger partial charge is 0.178 e. The highest BCUT2D eigenvalue weighted by molar-refractivity contribution is 7.12. The summed E-state index contributed by atoms with van der Waals surface area (Å²) in [7, 11) is 0. The Balaban J connectivity index is 2.21. The average Bonchev–Trinajstić information content (AvgIpc) is 2.83. The number of carbonyl (C=O) groups excluding carboxylic acids is 1. The van der Waals surface area contributed by atoms with Crippen molar-refractivity contribution in [3.05, 3.63) is 22.4 Å². The molecule has 1 aliphatic heterocycles. The molecule has 16 heavy (non-hydrogen) atoms. The lowest BCUT2D eigenvalue weighted by Gasteiger charge is -2.35. The highest BCUT2D eigenvalue weighted by Crippen LogP contribution is 2.38. The van der Waals surface area contributed by atoms with Crippen LogP contribution in [-0.2, 0) is 0 Å². The molecule has 0 aromatic carbocycles. The summed E-state index contributed by atoms with van der Waals surface area (Å²) in [6.45, 7) is 4.14. The molecule has 1 aliphatic rings. The summed E-state index contributed by atoms with van der Waals surface area (Å²) in [6, 6.07) is 3.94. The van der Waals surface area contributed by atoms with Crippen molar-refractivity contribution in [2.75, 3.05) is 13.1 Å². The van der Waals surface area contributed by atoms with E-state index in [0.717, 1.165) is 43.6 Å². The zero-order valence-corrected chi connectivity index (χ0v) is 10.6. The van der Waals surface area contributed by atoms with E-state index in [-0.39, 0.29) is 5.41 Å². The molecule has 1 fully saturated rings. The number of hydrogen-bond donors (Lipinski definition) is 1. The maximum absolute atomic E-state index is 12.6. The number of Topliss-reactive ketones (excluding diaryl/α,β-unsaturated/α-hetero) is 1. The van der Waals surface area contributed by atoms with E-state index in [1.165, 1.54) is 0 Å². The number of ketones is 1. The number of piperidine rings is 1. The molecule has 0 saturated carbocycles. The summed E-state index contributed by atoms with van der Waals surface area (Å²) < 4.78 is 0. The van der Waals surface area contributed by atoms with Crippen LogP contribution in [0.4, 0.5) is 0 Å². The second kappa shape index (κ2) is 5.11. The molecule has 0 amide bonds. The van der Waals surface area contributed by atoms with Crippen LogP contribution in [0.5, 0.6) is 0 Å². The molecule has 2 heterocycles. The largest absolute Gasteiger partial charge is 0.317 e. The molecule has 0 spiro atoms. The van der Waals surface area contributed by atoms with E-state index in [0.29, 0.717) is 5.78 Å². The van der Waals surface area contributed by atoms with Gasteiger partial charge in [-0.1, -0.05) is 19.4 Å². The summed E-state index contributed by atoms with van der Waals surface area (Å²) in [5.74, 6) is 0.380. The average molecular weight is 237 g/mol. The van der Waals surface area contributed by atoms with Crippen molar-refractivity contribution in [1.82, 2.24) is 5.32 Å². The Kier molecular flexibility index (Phi) is 3.77.